The van der Waals surface area contributed by atoms with Crippen LogP contribution in [-0.2, 0) is 14.3 Å². The number of benzene rings is 2. The first-order valence-electron chi connectivity index (χ1n) is 12.2. The number of amidine groups is 1. The largest absolute Gasteiger partial charge is 0.494 e. The van der Waals surface area contributed by atoms with Crippen LogP contribution >= 0.6 is 11.8 Å². The molecule has 1 N–H and O–H groups in total. The van der Waals surface area contributed by atoms with E-state index in [2.05, 4.69) is 17.2 Å². The molecule has 0 bridgehead atoms. The minimum Gasteiger partial charge on any atom is -0.494 e. The summed E-state index contributed by atoms with van der Waals surface area (Å²) in [5, 5.41) is 2.84. The topological polar surface area (TPSA) is 97.3 Å². The molecule has 0 aromatic heterocycles. The molecule has 2 aromatic carbocycles. The molecule has 1 fully saturated rings. The van der Waals surface area contributed by atoms with Crippen molar-refractivity contribution in [3.63, 3.8) is 0 Å². The van der Waals surface area contributed by atoms with Crippen molar-refractivity contribution in [2.45, 2.75) is 51.2 Å². The van der Waals surface area contributed by atoms with Crippen molar-refractivity contribution in [1.29, 1.82) is 0 Å². The lowest BCUT2D eigenvalue weighted by Crippen LogP contribution is -2.33. The van der Waals surface area contributed by atoms with Gasteiger partial charge in [0.1, 0.15) is 11.0 Å². The molecule has 2 amide bonds. The van der Waals surface area contributed by atoms with Crippen LogP contribution in [0.5, 0.6) is 5.75 Å². The summed E-state index contributed by atoms with van der Waals surface area (Å²) in [6, 6.07) is 13.9. The van der Waals surface area contributed by atoms with Crippen LogP contribution in [0.1, 0.15) is 56.3 Å². The molecule has 3 rings (SSSR count). The van der Waals surface area contributed by atoms with Gasteiger partial charge in [0.15, 0.2) is 5.17 Å². The Hall–Kier alpha value is -3.33. The van der Waals surface area contributed by atoms with Crippen LogP contribution in [-0.4, -0.2) is 53.4 Å². The summed E-state index contributed by atoms with van der Waals surface area (Å²) < 4.78 is 10.4. The van der Waals surface area contributed by atoms with Gasteiger partial charge in [0, 0.05) is 18.7 Å². The number of nitrogens with zero attached hydrogens (tertiary/aromatic N) is 2. The van der Waals surface area contributed by atoms with Crippen LogP contribution in [0.4, 0.5) is 11.4 Å². The number of methoxy groups -OCH3 is 1. The van der Waals surface area contributed by atoms with Crippen molar-refractivity contribution in [2.24, 2.45) is 4.99 Å². The molecule has 1 heterocycles. The lowest BCUT2D eigenvalue weighted by atomic mass is 10.2. The molecule has 2 aromatic rings. The quantitative estimate of drug-likeness (QED) is 0.302. The third-order valence-corrected chi connectivity index (χ3v) is 6.80. The summed E-state index contributed by atoms with van der Waals surface area (Å²) in [5.74, 6) is -0.0428. The molecule has 1 unspecified atom stereocenters. The fourth-order valence-electron chi connectivity index (χ4n) is 3.65. The third kappa shape index (κ3) is 7.58. The molecule has 9 heteroatoms. The Balaban J connectivity index is 1.55. The van der Waals surface area contributed by atoms with E-state index < -0.39 is 11.2 Å². The Bertz CT molecular complexity index is 1070. The Morgan fingerprint density at radius 2 is 1.75 bits per heavy atom. The minimum absolute atomic E-state index is 0.0377. The molecular weight excluding hydrogens is 478 g/mol. The van der Waals surface area contributed by atoms with E-state index in [0.29, 0.717) is 35.3 Å². The van der Waals surface area contributed by atoms with Gasteiger partial charge >= 0.3 is 5.97 Å². The molecule has 1 aliphatic rings. The number of amides is 2. The summed E-state index contributed by atoms with van der Waals surface area (Å²) >= 11 is 1.27. The van der Waals surface area contributed by atoms with Gasteiger partial charge < -0.3 is 14.8 Å². The molecule has 1 atom stereocenters. The smallest absolute Gasteiger partial charge is 0.337 e. The van der Waals surface area contributed by atoms with Gasteiger partial charge in [-0.15, -0.1) is 0 Å². The van der Waals surface area contributed by atoms with E-state index in [9.17, 15) is 14.4 Å². The molecular formula is C27H33N3O5S. The van der Waals surface area contributed by atoms with Crippen LogP contribution in [0, 0.1) is 0 Å². The molecule has 1 saturated heterocycles. The molecule has 0 spiro atoms. The van der Waals surface area contributed by atoms with Gasteiger partial charge in [-0.25, -0.2) is 9.79 Å². The third-order valence-electron chi connectivity index (χ3n) is 5.62. The number of aliphatic imine (C=N–C) groups is 1. The number of hydrogen-bond acceptors (Lipinski definition) is 7. The molecule has 192 valence electrons. The zero-order chi connectivity index (χ0) is 25.9. The van der Waals surface area contributed by atoms with Gasteiger partial charge in [0.05, 0.1) is 25.0 Å². The van der Waals surface area contributed by atoms with Crippen molar-refractivity contribution >= 4 is 46.1 Å². The maximum absolute atomic E-state index is 12.9. The van der Waals surface area contributed by atoms with Crippen LogP contribution in [0.2, 0.25) is 0 Å². The van der Waals surface area contributed by atoms with Crippen LogP contribution < -0.4 is 10.1 Å². The number of carbonyl (C=O) groups excluding carboxylic acids is 3. The highest BCUT2D eigenvalue weighted by Crippen LogP contribution is 2.32. The molecule has 0 saturated carbocycles. The Morgan fingerprint density at radius 3 is 2.39 bits per heavy atom. The zero-order valence-corrected chi connectivity index (χ0v) is 21.8. The molecule has 1 aliphatic heterocycles. The Kier molecular flexibility index (Phi) is 10.4. The van der Waals surface area contributed by atoms with Gasteiger partial charge in [-0.2, -0.15) is 0 Å². The summed E-state index contributed by atoms with van der Waals surface area (Å²) in [5.41, 5.74) is 1.68. The number of unbranched alkanes of at least 4 members (excludes halogenated alkanes) is 3. The van der Waals surface area contributed by atoms with E-state index in [1.165, 1.54) is 31.7 Å². The van der Waals surface area contributed by atoms with Crippen molar-refractivity contribution in [3.05, 3.63) is 54.1 Å². The van der Waals surface area contributed by atoms with E-state index >= 15 is 0 Å². The van der Waals surface area contributed by atoms with E-state index in [-0.39, 0.29) is 18.2 Å². The van der Waals surface area contributed by atoms with Crippen molar-refractivity contribution < 1.29 is 23.9 Å². The fraction of sp³-hybridized carbons (Fsp3) is 0.407. The van der Waals surface area contributed by atoms with Gasteiger partial charge in [0.25, 0.3) is 0 Å². The SMILES string of the molecule is CCCCCCOc1ccc(NC(=O)CC2SC(=Nc3ccc(C(=O)OC)cc3)N(CC)C2=O)cc1. The second kappa shape index (κ2) is 13.7. The average molecular weight is 512 g/mol. The van der Waals surface area contributed by atoms with E-state index in [1.807, 2.05) is 19.1 Å². The number of esters is 1. The number of carbonyl (C=O) groups is 3. The summed E-state index contributed by atoms with van der Waals surface area (Å²) in [4.78, 5) is 43.3. The first-order chi connectivity index (χ1) is 17.4. The van der Waals surface area contributed by atoms with E-state index in [4.69, 9.17) is 9.47 Å². The van der Waals surface area contributed by atoms with Gasteiger partial charge in [-0.3, -0.25) is 14.5 Å². The zero-order valence-electron chi connectivity index (χ0n) is 21.0. The number of nitrogens with one attached hydrogen (secondary N) is 1. The van der Waals surface area contributed by atoms with Crippen molar-refractivity contribution in [2.75, 3.05) is 25.6 Å². The summed E-state index contributed by atoms with van der Waals surface area (Å²) in [6.45, 7) is 5.17. The number of ether oxygens (including phenoxy) is 2. The molecule has 8 nitrogen and oxygen atoms in total. The van der Waals surface area contributed by atoms with Gasteiger partial charge in [-0.05, 0) is 61.9 Å². The highest BCUT2D eigenvalue weighted by molar-refractivity contribution is 8.15. The van der Waals surface area contributed by atoms with Crippen molar-refractivity contribution in [3.8, 4) is 5.75 Å². The molecule has 0 aliphatic carbocycles. The van der Waals surface area contributed by atoms with E-state index in [0.717, 1.165) is 18.6 Å². The highest BCUT2D eigenvalue weighted by atomic mass is 32.2. The summed E-state index contributed by atoms with van der Waals surface area (Å²) in [6.07, 6.45) is 4.63. The summed E-state index contributed by atoms with van der Waals surface area (Å²) in [7, 11) is 1.33. The van der Waals surface area contributed by atoms with Crippen LogP contribution in [0.15, 0.2) is 53.5 Å². The first kappa shape index (κ1) is 27.3. The lowest BCUT2D eigenvalue weighted by Gasteiger charge is -2.13. The van der Waals surface area contributed by atoms with Gasteiger partial charge in [-0.1, -0.05) is 37.9 Å². The number of hydrogen-bond donors (Lipinski definition) is 1. The fourth-order valence-corrected chi connectivity index (χ4v) is 4.87. The van der Waals surface area contributed by atoms with Gasteiger partial charge in [0.2, 0.25) is 11.8 Å². The number of anilines is 1. The standard InChI is InChI=1S/C27H33N3O5S/c1-4-6-7-8-17-35-22-15-13-20(14-16-22)28-24(31)18-23-25(32)30(5-2)27(36-23)29-21-11-9-19(10-12-21)26(33)34-3/h9-16,23H,4-8,17-18H2,1-3H3,(H,28,31). The maximum atomic E-state index is 12.9. The van der Waals surface area contributed by atoms with Crippen LogP contribution in [0.25, 0.3) is 0 Å². The number of rotatable bonds is 12. The second-order valence-corrected chi connectivity index (χ2v) is 9.48. The average Bonchev–Trinajstić information content (AvgIpc) is 3.17. The van der Waals surface area contributed by atoms with E-state index in [1.54, 1.807) is 41.3 Å². The number of thioether (sulfide) groups is 1. The monoisotopic (exact) mass is 511 g/mol. The Labute approximate surface area is 216 Å². The molecule has 36 heavy (non-hydrogen) atoms. The lowest BCUT2D eigenvalue weighted by molar-refractivity contribution is -0.128. The first-order valence-corrected chi connectivity index (χ1v) is 13.1. The molecule has 0 radical (unpaired) electrons. The van der Waals surface area contributed by atoms with Crippen molar-refractivity contribution in [1.82, 2.24) is 4.90 Å². The predicted molar refractivity (Wildman–Crippen MR) is 143 cm³/mol. The maximum Gasteiger partial charge on any atom is 0.337 e. The normalized spacial score (nSPS) is 16.3. The second-order valence-electron chi connectivity index (χ2n) is 8.31. The predicted octanol–water partition coefficient (Wildman–Crippen LogP) is 5.41. The Morgan fingerprint density at radius 1 is 1.03 bits per heavy atom. The minimum atomic E-state index is -0.552. The highest BCUT2D eigenvalue weighted by Gasteiger charge is 2.38. The van der Waals surface area contributed by atoms with Crippen LogP contribution in [0.3, 0.4) is 0 Å².